The van der Waals surface area contributed by atoms with Gasteiger partial charge in [-0.3, -0.25) is 0 Å². The van der Waals surface area contributed by atoms with Crippen LogP contribution in [0.5, 0.6) is 5.75 Å². The van der Waals surface area contributed by atoms with Crippen molar-refractivity contribution in [2.45, 2.75) is 59.4 Å². The standard InChI is InChI=1S/C17H27NO/c1-12-11-13(9-10-16(12)19)18-15-8-6-5-7-14(15)17(2,3)4/h9-11,14-15,18-19H,5-8H2,1-4H3. The zero-order chi connectivity index (χ0) is 14.0. The molecule has 1 aromatic rings. The minimum Gasteiger partial charge on any atom is -0.508 e. The molecular weight excluding hydrogens is 234 g/mol. The van der Waals surface area contributed by atoms with Gasteiger partial charge in [0.25, 0.3) is 0 Å². The lowest BCUT2D eigenvalue weighted by Gasteiger charge is -2.41. The van der Waals surface area contributed by atoms with Crippen LogP contribution < -0.4 is 5.32 Å². The number of aryl methyl sites for hydroxylation is 1. The quantitative estimate of drug-likeness (QED) is 0.755. The van der Waals surface area contributed by atoms with Gasteiger partial charge in [0, 0.05) is 11.7 Å². The van der Waals surface area contributed by atoms with Crippen molar-refractivity contribution in [1.82, 2.24) is 0 Å². The number of nitrogens with one attached hydrogen (secondary N) is 1. The fraction of sp³-hybridized carbons (Fsp3) is 0.647. The molecule has 1 aliphatic rings. The summed E-state index contributed by atoms with van der Waals surface area (Å²) in [6.07, 6.45) is 5.25. The molecule has 2 atom stereocenters. The predicted octanol–water partition coefficient (Wildman–Crippen LogP) is 4.72. The van der Waals surface area contributed by atoms with E-state index in [4.69, 9.17) is 0 Å². The SMILES string of the molecule is Cc1cc(NC2CCCCC2C(C)(C)C)ccc1O. The Kier molecular flexibility index (Phi) is 4.07. The summed E-state index contributed by atoms with van der Waals surface area (Å²) in [6, 6.07) is 6.37. The van der Waals surface area contributed by atoms with Crippen LogP contribution in [0.2, 0.25) is 0 Å². The van der Waals surface area contributed by atoms with Gasteiger partial charge in [-0.05, 0) is 54.9 Å². The number of rotatable bonds is 2. The van der Waals surface area contributed by atoms with Crippen LogP contribution in [-0.4, -0.2) is 11.1 Å². The number of phenolic OH excluding ortho intramolecular Hbond substituents is 1. The van der Waals surface area contributed by atoms with E-state index in [2.05, 4.69) is 26.1 Å². The normalized spacial score (nSPS) is 24.2. The highest BCUT2D eigenvalue weighted by Crippen LogP contribution is 2.39. The minimum atomic E-state index is 0.351. The summed E-state index contributed by atoms with van der Waals surface area (Å²) in [4.78, 5) is 0. The summed E-state index contributed by atoms with van der Waals surface area (Å²) in [5.41, 5.74) is 2.42. The molecule has 0 amide bonds. The molecule has 2 rings (SSSR count). The molecule has 1 aliphatic carbocycles. The number of benzene rings is 1. The molecule has 2 nitrogen and oxygen atoms in total. The summed E-state index contributed by atoms with van der Waals surface area (Å²) in [5.74, 6) is 1.09. The minimum absolute atomic E-state index is 0.351. The molecule has 0 spiro atoms. The van der Waals surface area contributed by atoms with E-state index in [0.717, 1.165) is 17.2 Å². The van der Waals surface area contributed by atoms with E-state index in [0.29, 0.717) is 17.2 Å². The van der Waals surface area contributed by atoms with Gasteiger partial charge in [0.15, 0.2) is 0 Å². The van der Waals surface area contributed by atoms with E-state index in [9.17, 15) is 5.11 Å². The lowest BCUT2D eigenvalue weighted by Crippen LogP contribution is -2.39. The Labute approximate surface area is 117 Å². The van der Waals surface area contributed by atoms with Crippen molar-refractivity contribution < 1.29 is 5.11 Å². The monoisotopic (exact) mass is 261 g/mol. The van der Waals surface area contributed by atoms with E-state index in [-0.39, 0.29) is 0 Å². The fourth-order valence-electron chi connectivity index (χ4n) is 3.30. The largest absolute Gasteiger partial charge is 0.508 e. The number of hydrogen-bond donors (Lipinski definition) is 2. The predicted molar refractivity (Wildman–Crippen MR) is 81.7 cm³/mol. The maximum atomic E-state index is 9.60. The van der Waals surface area contributed by atoms with Crippen LogP contribution in [0.15, 0.2) is 18.2 Å². The van der Waals surface area contributed by atoms with Crippen molar-refractivity contribution in [3.8, 4) is 5.75 Å². The first-order valence-corrected chi connectivity index (χ1v) is 7.44. The van der Waals surface area contributed by atoms with Crippen molar-refractivity contribution in [1.29, 1.82) is 0 Å². The van der Waals surface area contributed by atoms with Crippen LogP contribution in [-0.2, 0) is 0 Å². The van der Waals surface area contributed by atoms with Crippen LogP contribution in [0, 0.1) is 18.3 Å². The van der Waals surface area contributed by atoms with E-state index in [1.54, 1.807) is 6.07 Å². The van der Waals surface area contributed by atoms with Crippen molar-refractivity contribution >= 4 is 5.69 Å². The third-order valence-corrected chi connectivity index (χ3v) is 4.43. The Bertz CT molecular complexity index is 433. The van der Waals surface area contributed by atoms with E-state index in [1.165, 1.54) is 25.7 Å². The number of anilines is 1. The molecule has 0 aromatic heterocycles. The maximum Gasteiger partial charge on any atom is 0.118 e. The van der Waals surface area contributed by atoms with Crippen molar-refractivity contribution in [2.75, 3.05) is 5.32 Å². The molecule has 19 heavy (non-hydrogen) atoms. The van der Waals surface area contributed by atoms with Crippen LogP contribution in [0.25, 0.3) is 0 Å². The molecule has 2 N–H and O–H groups in total. The first kappa shape index (κ1) is 14.2. The molecule has 1 fully saturated rings. The Morgan fingerprint density at radius 1 is 1.16 bits per heavy atom. The van der Waals surface area contributed by atoms with Gasteiger partial charge < -0.3 is 10.4 Å². The molecule has 0 saturated heterocycles. The molecule has 0 bridgehead atoms. The Morgan fingerprint density at radius 3 is 2.47 bits per heavy atom. The summed E-state index contributed by atoms with van der Waals surface area (Å²) >= 11 is 0. The first-order chi connectivity index (χ1) is 8.88. The fourth-order valence-corrected chi connectivity index (χ4v) is 3.30. The Balaban J connectivity index is 2.13. The summed E-state index contributed by atoms with van der Waals surface area (Å²) < 4.78 is 0. The topological polar surface area (TPSA) is 32.3 Å². The smallest absolute Gasteiger partial charge is 0.118 e. The zero-order valence-electron chi connectivity index (χ0n) is 12.7. The van der Waals surface area contributed by atoms with Gasteiger partial charge in [-0.25, -0.2) is 0 Å². The highest BCUT2D eigenvalue weighted by molar-refractivity contribution is 5.51. The van der Waals surface area contributed by atoms with Gasteiger partial charge in [-0.1, -0.05) is 33.6 Å². The van der Waals surface area contributed by atoms with Crippen LogP contribution in [0.4, 0.5) is 5.69 Å². The number of aromatic hydroxyl groups is 1. The zero-order valence-corrected chi connectivity index (χ0v) is 12.7. The van der Waals surface area contributed by atoms with E-state index >= 15 is 0 Å². The number of hydrogen-bond acceptors (Lipinski definition) is 2. The van der Waals surface area contributed by atoms with Crippen LogP contribution in [0.3, 0.4) is 0 Å². The Morgan fingerprint density at radius 2 is 1.84 bits per heavy atom. The summed E-state index contributed by atoms with van der Waals surface area (Å²) in [6.45, 7) is 8.99. The van der Waals surface area contributed by atoms with Gasteiger partial charge in [-0.2, -0.15) is 0 Å². The van der Waals surface area contributed by atoms with Gasteiger partial charge in [-0.15, -0.1) is 0 Å². The highest BCUT2D eigenvalue weighted by Gasteiger charge is 2.33. The van der Waals surface area contributed by atoms with Crippen molar-refractivity contribution in [2.24, 2.45) is 11.3 Å². The molecule has 1 aromatic carbocycles. The first-order valence-electron chi connectivity index (χ1n) is 7.44. The molecule has 106 valence electrons. The molecular formula is C17H27NO. The molecule has 2 unspecified atom stereocenters. The second-order valence-electron chi connectivity index (χ2n) is 7.01. The average molecular weight is 261 g/mol. The second kappa shape index (κ2) is 5.44. The van der Waals surface area contributed by atoms with Gasteiger partial charge in [0.1, 0.15) is 5.75 Å². The Hall–Kier alpha value is -1.18. The third-order valence-electron chi connectivity index (χ3n) is 4.43. The summed E-state index contributed by atoms with van der Waals surface area (Å²) in [5, 5.41) is 13.3. The lowest BCUT2D eigenvalue weighted by molar-refractivity contribution is 0.163. The lowest BCUT2D eigenvalue weighted by atomic mass is 9.69. The highest BCUT2D eigenvalue weighted by atomic mass is 16.3. The van der Waals surface area contributed by atoms with E-state index in [1.807, 2.05) is 19.1 Å². The molecule has 1 saturated carbocycles. The number of phenols is 1. The van der Waals surface area contributed by atoms with Crippen LogP contribution >= 0.6 is 0 Å². The summed E-state index contributed by atoms with van der Waals surface area (Å²) in [7, 11) is 0. The van der Waals surface area contributed by atoms with E-state index < -0.39 is 0 Å². The third kappa shape index (κ3) is 3.43. The maximum absolute atomic E-state index is 9.60. The molecule has 0 radical (unpaired) electrons. The molecule has 2 heteroatoms. The van der Waals surface area contributed by atoms with Gasteiger partial charge in [0.05, 0.1) is 0 Å². The van der Waals surface area contributed by atoms with Crippen molar-refractivity contribution in [3.05, 3.63) is 23.8 Å². The van der Waals surface area contributed by atoms with Crippen LogP contribution in [0.1, 0.15) is 52.0 Å². The molecule has 0 heterocycles. The average Bonchev–Trinajstić information content (AvgIpc) is 2.33. The molecule has 0 aliphatic heterocycles. The second-order valence-corrected chi connectivity index (χ2v) is 7.01. The van der Waals surface area contributed by atoms with Crippen molar-refractivity contribution in [3.63, 3.8) is 0 Å². The van der Waals surface area contributed by atoms with Gasteiger partial charge >= 0.3 is 0 Å². The van der Waals surface area contributed by atoms with Gasteiger partial charge in [0.2, 0.25) is 0 Å².